The smallest absolute Gasteiger partial charge is 0.251 e. The van der Waals surface area contributed by atoms with Crippen molar-refractivity contribution in [2.45, 2.75) is 6.54 Å². The Morgan fingerprint density at radius 1 is 1.33 bits per heavy atom. The fourth-order valence-electron chi connectivity index (χ4n) is 1.68. The van der Waals surface area contributed by atoms with Crippen LogP contribution in [0, 0.1) is 11.8 Å². The van der Waals surface area contributed by atoms with E-state index in [0.29, 0.717) is 22.7 Å². The molecule has 2 aromatic rings. The Labute approximate surface area is 128 Å². The van der Waals surface area contributed by atoms with Gasteiger partial charge in [-0.05, 0) is 30.3 Å². The van der Waals surface area contributed by atoms with Crippen LogP contribution in [0.3, 0.4) is 0 Å². The summed E-state index contributed by atoms with van der Waals surface area (Å²) in [6.07, 6.45) is 1.68. The summed E-state index contributed by atoms with van der Waals surface area (Å²) in [6.45, 7) is 0.634. The van der Waals surface area contributed by atoms with Crippen molar-refractivity contribution in [2.24, 2.45) is 5.73 Å². The van der Waals surface area contributed by atoms with E-state index < -0.39 is 0 Å². The molecule has 0 bridgehead atoms. The van der Waals surface area contributed by atoms with Crippen LogP contribution in [0.1, 0.15) is 21.6 Å². The highest BCUT2D eigenvalue weighted by Gasteiger charge is 2.08. The Hall–Kier alpha value is -2.35. The third-order valence-electron chi connectivity index (χ3n) is 2.71. The van der Waals surface area contributed by atoms with Gasteiger partial charge in [-0.3, -0.25) is 9.78 Å². The van der Waals surface area contributed by atoms with Crippen LogP contribution in [0.25, 0.3) is 0 Å². The van der Waals surface area contributed by atoms with Gasteiger partial charge in [-0.2, -0.15) is 0 Å². The van der Waals surface area contributed by atoms with Crippen LogP contribution >= 0.6 is 11.6 Å². The normalized spacial score (nSPS) is 9.62. The van der Waals surface area contributed by atoms with Crippen molar-refractivity contribution in [1.29, 1.82) is 0 Å². The van der Waals surface area contributed by atoms with E-state index in [9.17, 15) is 4.79 Å². The molecule has 0 saturated carbocycles. The van der Waals surface area contributed by atoms with E-state index in [1.54, 1.807) is 24.4 Å². The number of rotatable bonds is 3. The average Bonchev–Trinajstić information content (AvgIpc) is 2.52. The summed E-state index contributed by atoms with van der Waals surface area (Å²) in [4.78, 5) is 16.2. The Bertz CT molecular complexity index is 690. The molecule has 4 nitrogen and oxygen atoms in total. The molecule has 106 valence electrons. The van der Waals surface area contributed by atoms with Crippen molar-refractivity contribution in [1.82, 2.24) is 10.3 Å². The Kier molecular flexibility index (Phi) is 5.33. The van der Waals surface area contributed by atoms with Crippen LogP contribution in [0.2, 0.25) is 5.02 Å². The molecule has 0 spiro atoms. The van der Waals surface area contributed by atoms with Gasteiger partial charge in [0.15, 0.2) is 0 Å². The number of hydrogen-bond acceptors (Lipinski definition) is 3. The molecule has 0 fully saturated rings. The first kappa shape index (κ1) is 15.0. The van der Waals surface area contributed by atoms with Crippen LogP contribution in [0.5, 0.6) is 0 Å². The highest BCUT2D eigenvalue weighted by atomic mass is 35.5. The van der Waals surface area contributed by atoms with Crippen molar-refractivity contribution >= 4 is 17.5 Å². The molecular formula is C16H14ClN3O. The Morgan fingerprint density at radius 3 is 2.86 bits per heavy atom. The first-order valence-corrected chi connectivity index (χ1v) is 6.75. The number of aromatic nitrogens is 1. The molecule has 1 aromatic carbocycles. The van der Waals surface area contributed by atoms with E-state index in [1.165, 1.54) is 0 Å². The van der Waals surface area contributed by atoms with Gasteiger partial charge < -0.3 is 11.1 Å². The second-order valence-corrected chi connectivity index (χ2v) is 4.61. The number of nitrogens with two attached hydrogens (primary N) is 1. The first-order chi connectivity index (χ1) is 10.2. The van der Waals surface area contributed by atoms with Crippen LogP contribution in [-0.4, -0.2) is 17.4 Å². The maximum atomic E-state index is 12.0. The minimum Gasteiger partial charge on any atom is -0.346 e. The first-order valence-electron chi connectivity index (χ1n) is 6.37. The lowest BCUT2D eigenvalue weighted by Crippen LogP contribution is -2.23. The van der Waals surface area contributed by atoms with E-state index >= 15 is 0 Å². The zero-order valence-corrected chi connectivity index (χ0v) is 12.0. The molecule has 1 heterocycles. The molecule has 2 rings (SSSR count). The number of halogens is 1. The summed E-state index contributed by atoms with van der Waals surface area (Å²) >= 11 is 6.09. The zero-order chi connectivity index (χ0) is 15.1. The number of carbonyl (C=O) groups is 1. The van der Waals surface area contributed by atoms with E-state index in [2.05, 4.69) is 22.1 Å². The largest absolute Gasteiger partial charge is 0.346 e. The van der Waals surface area contributed by atoms with Gasteiger partial charge in [0.1, 0.15) is 0 Å². The molecule has 0 atom stereocenters. The summed E-state index contributed by atoms with van der Waals surface area (Å²) in [5.74, 6) is 5.37. The summed E-state index contributed by atoms with van der Waals surface area (Å²) in [5.41, 5.74) is 7.24. The summed E-state index contributed by atoms with van der Waals surface area (Å²) in [7, 11) is 0. The lowest BCUT2D eigenvalue weighted by Gasteiger charge is -2.06. The maximum Gasteiger partial charge on any atom is 0.251 e. The minimum absolute atomic E-state index is 0.208. The van der Waals surface area contributed by atoms with Gasteiger partial charge in [0.25, 0.3) is 5.91 Å². The van der Waals surface area contributed by atoms with E-state index in [0.717, 1.165) is 5.69 Å². The van der Waals surface area contributed by atoms with Crippen molar-refractivity contribution in [3.8, 4) is 11.8 Å². The second kappa shape index (κ2) is 7.44. The van der Waals surface area contributed by atoms with E-state index in [-0.39, 0.29) is 12.5 Å². The third kappa shape index (κ3) is 4.32. The highest BCUT2D eigenvalue weighted by Crippen LogP contribution is 2.17. The number of amides is 1. The molecule has 5 heteroatoms. The van der Waals surface area contributed by atoms with Crippen molar-refractivity contribution < 1.29 is 4.79 Å². The number of carbonyl (C=O) groups excluding carboxylic acids is 1. The topological polar surface area (TPSA) is 68.0 Å². The van der Waals surface area contributed by atoms with Gasteiger partial charge in [0.05, 0.1) is 23.8 Å². The van der Waals surface area contributed by atoms with E-state index in [1.807, 2.05) is 18.2 Å². The Morgan fingerprint density at radius 2 is 2.19 bits per heavy atom. The predicted octanol–water partition coefficient (Wildman–Crippen LogP) is 1.98. The van der Waals surface area contributed by atoms with Gasteiger partial charge in [-0.25, -0.2) is 0 Å². The molecule has 1 aromatic heterocycles. The average molecular weight is 300 g/mol. The minimum atomic E-state index is -0.208. The number of benzene rings is 1. The lowest BCUT2D eigenvalue weighted by molar-refractivity contribution is 0.0950. The predicted molar refractivity (Wildman–Crippen MR) is 82.8 cm³/mol. The molecule has 1 amide bonds. The monoisotopic (exact) mass is 299 g/mol. The molecule has 0 aliphatic rings. The standard InChI is InChI=1S/C16H14ClN3O/c17-15-10-13(7-6-12(15)4-3-8-18)16(21)20-11-14-5-1-2-9-19-14/h1-2,5-7,9-10H,8,11,18H2,(H,20,21). The molecule has 0 aliphatic heterocycles. The van der Waals surface area contributed by atoms with E-state index in [4.69, 9.17) is 17.3 Å². The molecule has 0 unspecified atom stereocenters. The van der Waals surface area contributed by atoms with Gasteiger partial charge in [-0.15, -0.1) is 0 Å². The number of pyridine rings is 1. The second-order valence-electron chi connectivity index (χ2n) is 4.20. The molecule has 0 saturated heterocycles. The fourth-order valence-corrected chi connectivity index (χ4v) is 1.91. The van der Waals surface area contributed by atoms with Crippen LogP contribution in [0.4, 0.5) is 0 Å². The fraction of sp³-hybridized carbons (Fsp3) is 0.125. The molecule has 0 aliphatic carbocycles. The maximum absolute atomic E-state index is 12.0. The molecule has 0 radical (unpaired) electrons. The molecular weight excluding hydrogens is 286 g/mol. The van der Waals surface area contributed by atoms with Crippen molar-refractivity contribution in [3.63, 3.8) is 0 Å². The SMILES string of the molecule is NCC#Cc1ccc(C(=O)NCc2ccccn2)cc1Cl. The lowest BCUT2D eigenvalue weighted by atomic mass is 10.1. The van der Waals surface area contributed by atoms with Crippen LogP contribution in [0.15, 0.2) is 42.6 Å². The zero-order valence-electron chi connectivity index (χ0n) is 11.3. The summed E-state index contributed by atoms with van der Waals surface area (Å²) in [6, 6.07) is 10.5. The summed E-state index contributed by atoms with van der Waals surface area (Å²) < 4.78 is 0. The highest BCUT2D eigenvalue weighted by molar-refractivity contribution is 6.32. The van der Waals surface area contributed by atoms with Crippen molar-refractivity contribution in [2.75, 3.05) is 6.54 Å². The van der Waals surface area contributed by atoms with Crippen molar-refractivity contribution in [3.05, 3.63) is 64.4 Å². The van der Waals surface area contributed by atoms with Gasteiger partial charge in [0.2, 0.25) is 0 Å². The van der Waals surface area contributed by atoms with Crippen LogP contribution < -0.4 is 11.1 Å². The van der Waals surface area contributed by atoms with Gasteiger partial charge in [-0.1, -0.05) is 29.5 Å². The number of nitrogens with one attached hydrogen (secondary N) is 1. The van der Waals surface area contributed by atoms with Crippen LogP contribution in [-0.2, 0) is 6.54 Å². The summed E-state index contributed by atoms with van der Waals surface area (Å²) in [5, 5.41) is 3.22. The quantitative estimate of drug-likeness (QED) is 0.852. The molecule has 3 N–H and O–H groups in total. The molecule has 21 heavy (non-hydrogen) atoms. The number of hydrogen-bond donors (Lipinski definition) is 2. The van der Waals surface area contributed by atoms with Gasteiger partial charge >= 0.3 is 0 Å². The third-order valence-corrected chi connectivity index (χ3v) is 3.03. The van der Waals surface area contributed by atoms with Gasteiger partial charge in [0, 0.05) is 17.3 Å². The Balaban J connectivity index is 2.04. The number of nitrogens with zero attached hydrogens (tertiary/aromatic N) is 1.